The average Bonchev–Trinajstić information content (AvgIpc) is 4.21. The molecule has 13 heteroatoms. The van der Waals surface area contributed by atoms with Gasteiger partial charge in [0.25, 0.3) is 0 Å². The first-order valence-corrected chi connectivity index (χ1v) is 19.7. The third-order valence-electron chi connectivity index (χ3n) is 10.0. The van der Waals surface area contributed by atoms with Crippen LogP contribution < -0.4 is 33.5 Å². The van der Waals surface area contributed by atoms with Crippen molar-refractivity contribution in [2.45, 2.75) is 39.5 Å². The summed E-state index contributed by atoms with van der Waals surface area (Å²) in [5.74, 6) is 4.44. The van der Waals surface area contributed by atoms with Crippen LogP contribution in [-0.2, 0) is 4.74 Å². The second-order valence-electron chi connectivity index (χ2n) is 14.2. The number of benzene rings is 4. The number of fused-ring (bicyclic) bond motifs is 2. The summed E-state index contributed by atoms with van der Waals surface area (Å²) in [6.07, 6.45) is 8.09. The van der Waals surface area contributed by atoms with E-state index in [9.17, 15) is 4.79 Å². The van der Waals surface area contributed by atoms with E-state index in [1.165, 1.54) is 31.9 Å². The zero-order valence-electron chi connectivity index (χ0n) is 33.9. The van der Waals surface area contributed by atoms with Crippen LogP contribution in [0.4, 0.5) is 22.7 Å². The molecule has 2 aliphatic carbocycles. The fourth-order valence-electron chi connectivity index (χ4n) is 6.57. The monoisotopic (exact) mass is 786 g/mol. The van der Waals surface area contributed by atoms with E-state index >= 15 is 0 Å². The molecule has 302 valence electrons. The third kappa shape index (κ3) is 9.77. The molecule has 0 aliphatic heterocycles. The molecule has 0 spiro atoms. The van der Waals surface area contributed by atoms with Crippen LogP contribution in [0.3, 0.4) is 0 Å². The summed E-state index contributed by atoms with van der Waals surface area (Å²) in [5, 5.41) is 0. The van der Waals surface area contributed by atoms with Crippen LogP contribution in [0, 0.1) is 11.8 Å². The van der Waals surface area contributed by atoms with Crippen LogP contribution in [0.1, 0.15) is 50.0 Å². The summed E-state index contributed by atoms with van der Waals surface area (Å²) in [4.78, 5) is 34.5. The summed E-state index contributed by atoms with van der Waals surface area (Å²) in [5.41, 5.74) is 7.30. The van der Waals surface area contributed by atoms with Crippen molar-refractivity contribution >= 4 is 50.8 Å². The van der Waals surface area contributed by atoms with E-state index in [-0.39, 0.29) is 5.69 Å². The fourth-order valence-corrected chi connectivity index (χ4v) is 6.57. The second kappa shape index (κ2) is 18.3. The SMILES string of the molecule is CCOC(=O)c1cnc2ccc(N(CC3CC3)c3cc(OC)cc(OC)c3)cc2n1.CCOc1cnc2ccc(N(CC3CC3)c3cc(OC)cc(OC)c3)cc2n1. The molecule has 6 aromatic rings. The van der Waals surface area contributed by atoms with Crippen LogP contribution >= 0.6 is 0 Å². The maximum atomic E-state index is 12.1. The molecule has 0 amide bonds. The molecule has 0 bridgehead atoms. The Bertz CT molecular complexity index is 2320. The topological polar surface area (TPSA) is 130 Å². The van der Waals surface area contributed by atoms with Crippen molar-refractivity contribution in [3.05, 3.63) is 90.9 Å². The number of methoxy groups -OCH3 is 4. The van der Waals surface area contributed by atoms with Gasteiger partial charge < -0.3 is 38.2 Å². The molecule has 0 saturated heterocycles. The lowest BCUT2D eigenvalue weighted by Crippen LogP contribution is -2.20. The normalized spacial score (nSPS) is 13.3. The van der Waals surface area contributed by atoms with E-state index in [0.29, 0.717) is 36.4 Å². The summed E-state index contributed by atoms with van der Waals surface area (Å²) in [7, 11) is 6.63. The number of hydrogen-bond acceptors (Lipinski definition) is 13. The molecule has 2 fully saturated rings. The molecule has 2 heterocycles. The molecule has 58 heavy (non-hydrogen) atoms. The number of nitrogens with zero attached hydrogens (tertiary/aromatic N) is 6. The lowest BCUT2D eigenvalue weighted by atomic mass is 10.2. The Morgan fingerprint density at radius 1 is 0.569 bits per heavy atom. The lowest BCUT2D eigenvalue weighted by molar-refractivity contribution is 0.0519. The van der Waals surface area contributed by atoms with Gasteiger partial charge in [-0.2, -0.15) is 0 Å². The standard InChI is InChI=1S/C23H25N3O4.C22H25N3O3/c1-4-30-23(27)22-13-24-20-8-7-16(11-21(20)25-22)26(14-15-5-6-15)17-9-18(28-2)12-19(10-17)29-3;1-4-28-22-13-23-20-8-7-16(11-21(20)24-22)25(14-15-5-6-15)17-9-18(26-2)12-19(10-17)27-3/h7-13,15H,4-6,14H2,1-3H3;7-13,15H,4-6,14H2,1-3H3. The molecule has 0 atom stereocenters. The highest BCUT2D eigenvalue weighted by atomic mass is 16.5. The maximum absolute atomic E-state index is 12.1. The van der Waals surface area contributed by atoms with E-state index in [2.05, 4.69) is 41.9 Å². The molecule has 8 rings (SSSR count). The van der Waals surface area contributed by atoms with E-state index in [1.807, 2.05) is 67.6 Å². The average molecular weight is 787 g/mol. The number of aromatic nitrogens is 4. The highest BCUT2D eigenvalue weighted by Gasteiger charge is 2.27. The zero-order valence-corrected chi connectivity index (χ0v) is 33.9. The Hall–Kier alpha value is -6.37. The molecule has 2 saturated carbocycles. The highest BCUT2D eigenvalue weighted by Crippen LogP contribution is 2.40. The van der Waals surface area contributed by atoms with E-state index in [0.717, 1.165) is 75.4 Å². The Labute approximate surface area is 338 Å². The van der Waals surface area contributed by atoms with Crippen molar-refractivity contribution in [2.75, 3.05) is 64.5 Å². The molecular weight excluding hydrogens is 737 g/mol. The van der Waals surface area contributed by atoms with Gasteiger partial charge in [0.05, 0.1) is 76.1 Å². The largest absolute Gasteiger partial charge is 0.497 e. The number of ether oxygens (including phenoxy) is 6. The molecule has 13 nitrogen and oxygen atoms in total. The molecule has 0 radical (unpaired) electrons. The summed E-state index contributed by atoms with van der Waals surface area (Å²) in [6.45, 7) is 6.40. The smallest absolute Gasteiger partial charge is 0.358 e. The van der Waals surface area contributed by atoms with Crippen molar-refractivity contribution in [3.8, 4) is 28.9 Å². The van der Waals surface area contributed by atoms with Gasteiger partial charge in [0.2, 0.25) is 5.88 Å². The predicted molar refractivity (Wildman–Crippen MR) is 225 cm³/mol. The minimum Gasteiger partial charge on any atom is -0.497 e. The van der Waals surface area contributed by atoms with Crippen molar-refractivity contribution in [2.24, 2.45) is 11.8 Å². The first kappa shape index (κ1) is 39.8. The van der Waals surface area contributed by atoms with Gasteiger partial charge in [-0.25, -0.2) is 19.7 Å². The summed E-state index contributed by atoms with van der Waals surface area (Å²) >= 11 is 0. The van der Waals surface area contributed by atoms with E-state index < -0.39 is 5.97 Å². The molecule has 4 aromatic carbocycles. The molecule has 0 unspecified atom stereocenters. The first-order chi connectivity index (χ1) is 28.3. The van der Waals surface area contributed by atoms with Crippen LogP contribution in [0.2, 0.25) is 0 Å². The minimum atomic E-state index is -0.468. The summed E-state index contributed by atoms with van der Waals surface area (Å²) in [6, 6.07) is 23.9. The minimum absolute atomic E-state index is 0.207. The molecular formula is C45H50N6O7. The number of esters is 1. The van der Waals surface area contributed by atoms with Gasteiger partial charge in [0, 0.05) is 72.2 Å². The molecule has 2 aromatic heterocycles. The summed E-state index contributed by atoms with van der Waals surface area (Å²) < 4.78 is 32.4. The van der Waals surface area contributed by atoms with Gasteiger partial charge in [0.15, 0.2) is 5.69 Å². The number of hydrogen-bond donors (Lipinski definition) is 0. The van der Waals surface area contributed by atoms with Crippen LogP contribution in [0.5, 0.6) is 28.9 Å². The van der Waals surface area contributed by atoms with Crippen molar-refractivity contribution in [1.29, 1.82) is 0 Å². The fraction of sp³-hybridized carbons (Fsp3) is 0.356. The first-order valence-electron chi connectivity index (χ1n) is 19.7. The van der Waals surface area contributed by atoms with Crippen LogP contribution in [0.15, 0.2) is 85.2 Å². The van der Waals surface area contributed by atoms with Gasteiger partial charge in [-0.3, -0.25) is 4.98 Å². The number of rotatable bonds is 16. The Morgan fingerprint density at radius 2 is 1.03 bits per heavy atom. The third-order valence-corrected chi connectivity index (χ3v) is 10.0. The highest BCUT2D eigenvalue weighted by molar-refractivity contribution is 5.90. The predicted octanol–water partition coefficient (Wildman–Crippen LogP) is 8.97. The lowest BCUT2D eigenvalue weighted by Gasteiger charge is -2.26. The van der Waals surface area contributed by atoms with E-state index in [1.54, 1.807) is 41.6 Å². The Balaban J connectivity index is 0.000000177. The van der Waals surface area contributed by atoms with Gasteiger partial charge in [-0.15, -0.1) is 0 Å². The van der Waals surface area contributed by atoms with Crippen molar-refractivity contribution in [3.63, 3.8) is 0 Å². The number of anilines is 4. The quantitative estimate of drug-likeness (QED) is 0.0866. The zero-order chi connectivity index (χ0) is 40.6. The Kier molecular flexibility index (Phi) is 12.5. The maximum Gasteiger partial charge on any atom is 0.358 e. The van der Waals surface area contributed by atoms with Crippen molar-refractivity contribution < 1.29 is 33.2 Å². The van der Waals surface area contributed by atoms with Crippen LogP contribution in [0.25, 0.3) is 22.1 Å². The van der Waals surface area contributed by atoms with Crippen molar-refractivity contribution in [1.82, 2.24) is 19.9 Å². The Morgan fingerprint density at radius 3 is 1.47 bits per heavy atom. The number of carbonyl (C=O) groups excluding carboxylic acids is 1. The molecule has 2 aliphatic rings. The van der Waals surface area contributed by atoms with E-state index in [4.69, 9.17) is 28.4 Å². The van der Waals surface area contributed by atoms with Crippen LogP contribution in [-0.4, -0.2) is 80.6 Å². The van der Waals surface area contributed by atoms with Gasteiger partial charge >= 0.3 is 5.97 Å². The van der Waals surface area contributed by atoms with Gasteiger partial charge in [0.1, 0.15) is 23.0 Å². The van der Waals surface area contributed by atoms with Gasteiger partial charge in [-0.1, -0.05) is 0 Å². The second-order valence-corrected chi connectivity index (χ2v) is 14.2. The van der Waals surface area contributed by atoms with Gasteiger partial charge in [-0.05, 0) is 87.8 Å². The number of carbonyl (C=O) groups is 1. The molecule has 0 N–H and O–H groups in total.